The summed E-state index contributed by atoms with van der Waals surface area (Å²) < 4.78 is 10.9. The van der Waals surface area contributed by atoms with Crippen molar-refractivity contribution in [1.29, 1.82) is 0 Å². The number of ether oxygens (including phenoxy) is 2. The van der Waals surface area contributed by atoms with Gasteiger partial charge in [0.1, 0.15) is 0 Å². The normalized spacial score (nSPS) is 23.4. The molecule has 4 heteroatoms. The SMILES string of the molecule is COCC(NN)C1(OC)CCCCCC1. The van der Waals surface area contributed by atoms with Crippen molar-refractivity contribution in [2.45, 2.75) is 50.2 Å². The number of nitrogens with one attached hydrogen (secondary N) is 1. The highest BCUT2D eigenvalue weighted by atomic mass is 16.5. The summed E-state index contributed by atoms with van der Waals surface area (Å²) in [4.78, 5) is 0. The Morgan fingerprint density at radius 3 is 2.20 bits per heavy atom. The number of methoxy groups -OCH3 is 2. The van der Waals surface area contributed by atoms with Gasteiger partial charge < -0.3 is 9.47 Å². The second-order valence-corrected chi connectivity index (χ2v) is 4.36. The summed E-state index contributed by atoms with van der Waals surface area (Å²) in [5.41, 5.74) is 2.70. The van der Waals surface area contributed by atoms with E-state index in [4.69, 9.17) is 15.3 Å². The minimum Gasteiger partial charge on any atom is -0.383 e. The van der Waals surface area contributed by atoms with Gasteiger partial charge >= 0.3 is 0 Å². The molecule has 0 radical (unpaired) electrons. The van der Waals surface area contributed by atoms with Crippen LogP contribution >= 0.6 is 0 Å². The monoisotopic (exact) mass is 216 g/mol. The van der Waals surface area contributed by atoms with Crippen LogP contribution in [0.3, 0.4) is 0 Å². The fourth-order valence-corrected chi connectivity index (χ4v) is 2.54. The molecular weight excluding hydrogens is 192 g/mol. The van der Waals surface area contributed by atoms with Gasteiger partial charge in [-0.05, 0) is 12.8 Å². The quantitative estimate of drug-likeness (QED) is 0.412. The zero-order chi connectivity index (χ0) is 11.1. The molecule has 4 nitrogen and oxygen atoms in total. The number of hydrogen-bond donors (Lipinski definition) is 2. The lowest BCUT2D eigenvalue weighted by Gasteiger charge is -2.38. The second kappa shape index (κ2) is 6.43. The van der Waals surface area contributed by atoms with E-state index >= 15 is 0 Å². The molecule has 3 N–H and O–H groups in total. The zero-order valence-corrected chi connectivity index (χ0v) is 9.92. The van der Waals surface area contributed by atoms with Crippen LogP contribution in [0.1, 0.15) is 38.5 Å². The molecule has 90 valence electrons. The lowest BCUT2D eigenvalue weighted by Crippen LogP contribution is -2.56. The van der Waals surface area contributed by atoms with Crippen LogP contribution in [0.4, 0.5) is 0 Å². The van der Waals surface area contributed by atoms with Gasteiger partial charge in [0.25, 0.3) is 0 Å². The average molecular weight is 216 g/mol. The van der Waals surface area contributed by atoms with Crippen LogP contribution in [0.15, 0.2) is 0 Å². The molecule has 1 atom stereocenters. The van der Waals surface area contributed by atoms with E-state index in [9.17, 15) is 0 Å². The van der Waals surface area contributed by atoms with Gasteiger partial charge in [-0.25, -0.2) is 0 Å². The lowest BCUT2D eigenvalue weighted by molar-refractivity contribution is -0.0695. The van der Waals surface area contributed by atoms with E-state index in [1.807, 2.05) is 0 Å². The van der Waals surface area contributed by atoms with Crippen LogP contribution in [0, 0.1) is 0 Å². The molecule has 15 heavy (non-hydrogen) atoms. The number of hydrazine groups is 1. The summed E-state index contributed by atoms with van der Waals surface area (Å²) in [5, 5.41) is 0. The average Bonchev–Trinajstić information content (AvgIpc) is 2.52. The van der Waals surface area contributed by atoms with Crippen molar-refractivity contribution in [3.63, 3.8) is 0 Å². The molecule has 0 aromatic carbocycles. The van der Waals surface area contributed by atoms with Gasteiger partial charge in [-0.2, -0.15) is 0 Å². The van der Waals surface area contributed by atoms with Gasteiger partial charge in [-0.1, -0.05) is 25.7 Å². The minimum atomic E-state index is -0.138. The molecule has 0 saturated heterocycles. The maximum absolute atomic E-state index is 5.74. The van der Waals surface area contributed by atoms with E-state index in [0.717, 1.165) is 12.8 Å². The Hall–Kier alpha value is -0.160. The number of hydrogen-bond acceptors (Lipinski definition) is 4. The smallest absolute Gasteiger partial charge is 0.0866 e. The van der Waals surface area contributed by atoms with Crippen LogP contribution < -0.4 is 11.3 Å². The molecule has 1 unspecified atom stereocenters. The first-order valence-electron chi connectivity index (χ1n) is 5.79. The summed E-state index contributed by atoms with van der Waals surface area (Å²) >= 11 is 0. The molecule has 0 heterocycles. The van der Waals surface area contributed by atoms with E-state index in [2.05, 4.69) is 5.43 Å². The molecule has 1 aliphatic rings. The van der Waals surface area contributed by atoms with Crippen molar-refractivity contribution < 1.29 is 9.47 Å². The molecule has 0 amide bonds. The fourth-order valence-electron chi connectivity index (χ4n) is 2.54. The van der Waals surface area contributed by atoms with Gasteiger partial charge in [0.05, 0.1) is 18.2 Å². The minimum absolute atomic E-state index is 0.0885. The first kappa shape index (κ1) is 12.9. The van der Waals surface area contributed by atoms with Crippen molar-refractivity contribution in [2.75, 3.05) is 20.8 Å². The number of nitrogens with two attached hydrogens (primary N) is 1. The maximum Gasteiger partial charge on any atom is 0.0866 e. The fraction of sp³-hybridized carbons (Fsp3) is 1.00. The lowest BCUT2D eigenvalue weighted by atomic mass is 9.86. The van der Waals surface area contributed by atoms with Crippen molar-refractivity contribution in [1.82, 2.24) is 5.43 Å². The Kier molecular flexibility index (Phi) is 5.53. The Morgan fingerprint density at radius 1 is 1.20 bits per heavy atom. The van der Waals surface area contributed by atoms with E-state index < -0.39 is 0 Å². The summed E-state index contributed by atoms with van der Waals surface area (Å²) in [5.74, 6) is 5.59. The van der Waals surface area contributed by atoms with E-state index in [-0.39, 0.29) is 11.6 Å². The highest BCUT2D eigenvalue weighted by molar-refractivity contribution is 4.93. The molecule has 1 saturated carbocycles. The van der Waals surface area contributed by atoms with Crippen LogP contribution in [0.25, 0.3) is 0 Å². The molecule has 1 aliphatic carbocycles. The predicted molar refractivity (Wildman–Crippen MR) is 60.4 cm³/mol. The van der Waals surface area contributed by atoms with Crippen LogP contribution in [0.2, 0.25) is 0 Å². The molecule has 0 aromatic heterocycles. The number of rotatable bonds is 5. The van der Waals surface area contributed by atoms with Crippen LogP contribution in [0.5, 0.6) is 0 Å². The zero-order valence-electron chi connectivity index (χ0n) is 9.92. The van der Waals surface area contributed by atoms with E-state index in [0.29, 0.717) is 6.61 Å². The Balaban J connectivity index is 2.69. The van der Waals surface area contributed by atoms with Crippen molar-refractivity contribution in [2.24, 2.45) is 5.84 Å². The third kappa shape index (κ3) is 3.14. The summed E-state index contributed by atoms with van der Waals surface area (Å²) in [6.07, 6.45) is 7.18. The summed E-state index contributed by atoms with van der Waals surface area (Å²) in [6.45, 7) is 0.602. The van der Waals surface area contributed by atoms with Gasteiger partial charge in [0, 0.05) is 14.2 Å². The van der Waals surface area contributed by atoms with Crippen LogP contribution in [-0.2, 0) is 9.47 Å². The third-order valence-electron chi connectivity index (χ3n) is 3.53. The van der Waals surface area contributed by atoms with E-state index in [1.165, 1.54) is 25.7 Å². The highest BCUT2D eigenvalue weighted by Gasteiger charge is 2.38. The molecule has 0 bridgehead atoms. The molecular formula is C11H24N2O2. The van der Waals surface area contributed by atoms with Crippen molar-refractivity contribution in [3.8, 4) is 0 Å². The molecule has 1 fully saturated rings. The highest BCUT2D eigenvalue weighted by Crippen LogP contribution is 2.32. The Bertz CT molecular complexity index is 168. The molecule has 1 rings (SSSR count). The van der Waals surface area contributed by atoms with Gasteiger partial charge in [0.2, 0.25) is 0 Å². The standard InChI is InChI=1S/C11H24N2O2/c1-14-9-10(13-12)11(15-2)7-5-3-4-6-8-11/h10,13H,3-9,12H2,1-2H3. The van der Waals surface area contributed by atoms with Gasteiger partial charge in [-0.15, -0.1) is 0 Å². The first-order chi connectivity index (χ1) is 7.29. The molecule has 0 aliphatic heterocycles. The van der Waals surface area contributed by atoms with Gasteiger partial charge in [-0.3, -0.25) is 11.3 Å². The Morgan fingerprint density at radius 2 is 1.80 bits per heavy atom. The first-order valence-corrected chi connectivity index (χ1v) is 5.79. The molecule has 0 spiro atoms. The van der Waals surface area contributed by atoms with Crippen molar-refractivity contribution >= 4 is 0 Å². The maximum atomic E-state index is 5.74. The largest absolute Gasteiger partial charge is 0.383 e. The van der Waals surface area contributed by atoms with E-state index in [1.54, 1.807) is 14.2 Å². The van der Waals surface area contributed by atoms with Gasteiger partial charge in [0.15, 0.2) is 0 Å². The second-order valence-electron chi connectivity index (χ2n) is 4.36. The summed E-state index contributed by atoms with van der Waals surface area (Å²) in [7, 11) is 3.48. The molecule has 0 aromatic rings. The Labute approximate surface area is 92.5 Å². The topological polar surface area (TPSA) is 56.5 Å². The summed E-state index contributed by atoms with van der Waals surface area (Å²) in [6, 6.07) is 0.0885. The van der Waals surface area contributed by atoms with Crippen molar-refractivity contribution in [3.05, 3.63) is 0 Å². The van der Waals surface area contributed by atoms with Crippen LogP contribution in [-0.4, -0.2) is 32.5 Å². The third-order valence-corrected chi connectivity index (χ3v) is 3.53. The predicted octanol–water partition coefficient (Wildman–Crippen LogP) is 1.20.